The Morgan fingerprint density at radius 1 is 1.40 bits per heavy atom. The Kier molecular flexibility index (Phi) is 3.25. The third-order valence-electron chi connectivity index (χ3n) is 1.68. The van der Waals surface area contributed by atoms with E-state index in [9.17, 15) is 14.7 Å². The van der Waals surface area contributed by atoms with Crippen LogP contribution in [0.25, 0.3) is 0 Å². The van der Waals surface area contributed by atoms with E-state index >= 15 is 0 Å². The van der Waals surface area contributed by atoms with E-state index in [2.05, 4.69) is 4.84 Å². The maximum absolute atomic E-state index is 11.3. The summed E-state index contributed by atoms with van der Waals surface area (Å²) in [6.45, 7) is 0. The summed E-state index contributed by atoms with van der Waals surface area (Å²) in [7, 11) is 1.23. The monoisotopic (exact) mass is 211 g/mol. The third kappa shape index (κ3) is 2.44. The highest BCUT2D eigenvalue weighted by atomic mass is 16.6. The molecule has 6 heteroatoms. The summed E-state index contributed by atoms with van der Waals surface area (Å²) in [6, 6.07) is 3.39. The standard InChI is InChI=1S/C9H9NO5/c1-15-10-8(12)6-4-5(9(13)14)2-3-7(6)11/h2-4,11H,1H3,(H,10,12)(H,13,14). The fourth-order valence-corrected chi connectivity index (χ4v) is 0.999. The lowest BCUT2D eigenvalue weighted by Gasteiger charge is -2.05. The normalized spacial score (nSPS) is 9.67. The molecule has 6 nitrogen and oxygen atoms in total. The third-order valence-corrected chi connectivity index (χ3v) is 1.68. The van der Waals surface area contributed by atoms with Crippen molar-refractivity contribution in [1.82, 2.24) is 5.48 Å². The molecule has 0 atom stereocenters. The van der Waals surface area contributed by atoms with Crippen LogP contribution in [0.1, 0.15) is 20.7 Å². The van der Waals surface area contributed by atoms with Crippen molar-refractivity contribution in [3.63, 3.8) is 0 Å². The van der Waals surface area contributed by atoms with E-state index in [1.807, 2.05) is 5.48 Å². The minimum atomic E-state index is -1.18. The first-order valence-electron chi connectivity index (χ1n) is 3.96. The average Bonchev–Trinajstić information content (AvgIpc) is 2.18. The molecule has 1 aromatic rings. The predicted molar refractivity (Wildman–Crippen MR) is 49.5 cm³/mol. The van der Waals surface area contributed by atoms with Crippen molar-refractivity contribution in [2.75, 3.05) is 7.11 Å². The van der Waals surface area contributed by atoms with Crippen LogP contribution in [0.4, 0.5) is 0 Å². The highest BCUT2D eigenvalue weighted by Crippen LogP contribution is 2.18. The number of carbonyl (C=O) groups is 2. The van der Waals surface area contributed by atoms with Gasteiger partial charge in [0.2, 0.25) is 0 Å². The Balaban J connectivity index is 3.10. The van der Waals surface area contributed by atoms with Gasteiger partial charge >= 0.3 is 5.97 Å². The van der Waals surface area contributed by atoms with Gasteiger partial charge in [-0.15, -0.1) is 0 Å². The zero-order valence-electron chi connectivity index (χ0n) is 7.85. The second-order valence-corrected chi connectivity index (χ2v) is 2.67. The quantitative estimate of drug-likeness (QED) is 0.628. The Bertz CT molecular complexity index is 401. The summed E-state index contributed by atoms with van der Waals surface area (Å²) < 4.78 is 0. The van der Waals surface area contributed by atoms with Gasteiger partial charge in [-0.05, 0) is 18.2 Å². The molecular formula is C9H9NO5. The van der Waals surface area contributed by atoms with Crippen LogP contribution in [0.3, 0.4) is 0 Å². The van der Waals surface area contributed by atoms with Crippen LogP contribution >= 0.6 is 0 Å². The summed E-state index contributed by atoms with van der Waals surface area (Å²) in [6.07, 6.45) is 0. The van der Waals surface area contributed by atoms with Crippen LogP contribution in [-0.4, -0.2) is 29.2 Å². The summed E-state index contributed by atoms with van der Waals surface area (Å²) >= 11 is 0. The van der Waals surface area contributed by atoms with Crippen molar-refractivity contribution in [2.24, 2.45) is 0 Å². The summed E-state index contributed by atoms with van der Waals surface area (Å²) in [4.78, 5) is 26.2. The molecule has 80 valence electrons. The van der Waals surface area contributed by atoms with Crippen LogP contribution in [0.2, 0.25) is 0 Å². The number of amides is 1. The molecule has 0 unspecified atom stereocenters. The molecule has 1 rings (SSSR count). The van der Waals surface area contributed by atoms with Crippen LogP contribution in [0.5, 0.6) is 5.75 Å². The van der Waals surface area contributed by atoms with Gasteiger partial charge in [0.1, 0.15) is 5.75 Å². The Morgan fingerprint density at radius 2 is 2.07 bits per heavy atom. The highest BCUT2D eigenvalue weighted by molar-refractivity contribution is 5.99. The maximum atomic E-state index is 11.3. The Hall–Kier alpha value is -2.08. The van der Waals surface area contributed by atoms with Crippen molar-refractivity contribution in [2.45, 2.75) is 0 Å². The number of hydrogen-bond acceptors (Lipinski definition) is 4. The summed E-state index contributed by atoms with van der Waals surface area (Å²) in [5.74, 6) is -2.20. The molecular weight excluding hydrogens is 202 g/mol. The predicted octanol–water partition coefficient (Wildman–Crippen LogP) is 0.382. The fourth-order valence-electron chi connectivity index (χ4n) is 0.999. The highest BCUT2D eigenvalue weighted by Gasteiger charge is 2.13. The van der Waals surface area contributed by atoms with E-state index in [-0.39, 0.29) is 16.9 Å². The summed E-state index contributed by atoms with van der Waals surface area (Å²) in [5.41, 5.74) is 1.73. The van der Waals surface area contributed by atoms with Crippen LogP contribution in [0, 0.1) is 0 Å². The van der Waals surface area contributed by atoms with Gasteiger partial charge in [0.05, 0.1) is 18.2 Å². The lowest BCUT2D eigenvalue weighted by Crippen LogP contribution is -2.22. The van der Waals surface area contributed by atoms with Gasteiger partial charge in [0.15, 0.2) is 0 Å². The molecule has 0 aliphatic rings. The van der Waals surface area contributed by atoms with Crippen LogP contribution in [0.15, 0.2) is 18.2 Å². The zero-order valence-corrected chi connectivity index (χ0v) is 7.85. The van der Waals surface area contributed by atoms with E-state index in [1.165, 1.54) is 13.2 Å². The SMILES string of the molecule is CONC(=O)c1cc(C(=O)O)ccc1O. The van der Waals surface area contributed by atoms with E-state index < -0.39 is 11.9 Å². The minimum absolute atomic E-state index is 0.0888. The average molecular weight is 211 g/mol. The molecule has 15 heavy (non-hydrogen) atoms. The van der Waals surface area contributed by atoms with Crippen LogP contribution in [-0.2, 0) is 4.84 Å². The molecule has 0 saturated carbocycles. The number of carboxylic acid groups (broad SMARTS) is 1. The molecule has 0 radical (unpaired) electrons. The molecule has 0 spiro atoms. The Labute approximate surface area is 85.1 Å². The van der Waals surface area contributed by atoms with E-state index in [1.54, 1.807) is 0 Å². The molecule has 0 fully saturated rings. The molecule has 0 aliphatic carbocycles. The zero-order chi connectivity index (χ0) is 11.4. The largest absolute Gasteiger partial charge is 0.507 e. The van der Waals surface area contributed by atoms with Crippen molar-refractivity contribution >= 4 is 11.9 Å². The van der Waals surface area contributed by atoms with Gasteiger partial charge in [-0.25, -0.2) is 10.3 Å². The number of phenols is 1. The molecule has 0 bridgehead atoms. The molecule has 0 heterocycles. The smallest absolute Gasteiger partial charge is 0.335 e. The maximum Gasteiger partial charge on any atom is 0.335 e. The number of aromatic carboxylic acids is 1. The van der Waals surface area contributed by atoms with Gasteiger partial charge in [-0.2, -0.15) is 0 Å². The first-order valence-corrected chi connectivity index (χ1v) is 3.96. The number of carboxylic acids is 1. The van der Waals surface area contributed by atoms with Crippen molar-refractivity contribution in [1.29, 1.82) is 0 Å². The van der Waals surface area contributed by atoms with Crippen molar-refractivity contribution < 1.29 is 24.6 Å². The van der Waals surface area contributed by atoms with Gasteiger partial charge in [-0.3, -0.25) is 9.63 Å². The van der Waals surface area contributed by atoms with E-state index in [0.717, 1.165) is 12.1 Å². The lowest BCUT2D eigenvalue weighted by molar-refractivity contribution is 0.0535. The molecule has 0 aliphatic heterocycles. The molecule has 1 amide bonds. The number of rotatable bonds is 3. The number of nitrogens with one attached hydrogen (secondary N) is 1. The van der Waals surface area contributed by atoms with E-state index in [0.29, 0.717) is 0 Å². The number of phenolic OH excluding ortho intramolecular Hbond substituents is 1. The first kappa shape index (κ1) is 11.0. The second kappa shape index (κ2) is 4.43. The van der Waals surface area contributed by atoms with Crippen LogP contribution < -0.4 is 5.48 Å². The minimum Gasteiger partial charge on any atom is -0.507 e. The Morgan fingerprint density at radius 3 is 2.60 bits per heavy atom. The van der Waals surface area contributed by atoms with Gasteiger partial charge in [0.25, 0.3) is 5.91 Å². The van der Waals surface area contributed by atoms with Crippen molar-refractivity contribution in [3.8, 4) is 5.75 Å². The number of benzene rings is 1. The summed E-state index contributed by atoms with van der Waals surface area (Å²) in [5, 5.41) is 18.0. The van der Waals surface area contributed by atoms with Gasteiger partial charge < -0.3 is 10.2 Å². The fraction of sp³-hybridized carbons (Fsp3) is 0.111. The van der Waals surface area contributed by atoms with Gasteiger partial charge in [-0.1, -0.05) is 0 Å². The molecule has 0 aromatic heterocycles. The topological polar surface area (TPSA) is 95.9 Å². The second-order valence-electron chi connectivity index (χ2n) is 2.67. The van der Waals surface area contributed by atoms with Gasteiger partial charge in [0, 0.05) is 0 Å². The lowest BCUT2D eigenvalue weighted by atomic mass is 10.1. The molecule has 3 N–H and O–H groups in total. The number of carbonyl (C=O) groups excluding carboxylic acids is 1. The molecule has 0 saturated heterocycles. The first-order chi connectivity index (χ1) is 7.06. The number of hydroxylamine groups is 1. The van der Waals surface area contributed by atoms with Crippen molar-refractivity contribution in [3.05, 3.63) is 29.3 Å². The number of hydrogen-bond donors (Lipinski definition) is 3. The molecule has 1 aromatic carbocycles. The number of aromatic hydroxyl groups is 1. The van der Waals surface area contributed by atoms with E-state index in [4.69, 9.17) is 5.11 Å².